The molecule has 0 aromatic carbocycles. The van der Waals surface area contributed by atoms with Crippen molar-refractivity contribution in [3.63, 3.8) is 0 Å². The highest BCUT2D eigenvalue weighted by molar-refractivity contribution is 6.18. The number of ether oxygens (including phenoxy) is 2. The van der Waals surface area contributed by atoms with Crippen LogP contribution >= 0.6 is 11.6 Å². The molecule has 0 spiro atoms. The first-order valence-electron chi connectivity index (χ1n) is 3.28. The summed E-state index contributed by atoms with van der Waals surface area (Å²) in [5, 5.41) is 0. The Bertz CT molecular complexity index is 169. The van der Waals surface area contributed by atoms with Crippen LogP contribution in [0, 0.1) is 0 Å². The zero-order valence-corrected chi connectivity index (χ0v) is 6.71. The summed E-state index contributed by atoms with van der Waals surface area (Å²) in [6.07, 6.45) is 0.928. The van der Waals surface area contributed by atoms with Gasteiger partial charge in [0.25, 0.3) is 0 Å². The lowest BCUT2D eigenvalue weighted by Crippen LogP contribution is -2.14. The maximum absolute atomic E-state index is 10.9. The number of rotatable bonds is 4. The molecule has 1 heterocycles. The molecule has 11 heavy (non-hydrogen) atoms. The van der Waals surface area contributed by atoms with Gasteiger partial charge in [0, 0.05) is 0 Å². The molecule has 0 N–H and O–H groups in total. The van der Waals surface area contributed by atoms with Crippen LogP contribution < -0.4 is 0 Å². The average Bonchev–Trinajstić information content (AvgIpc) is 2.78. The zero-order valence-electron chi connectivity index (χ0n) is 5.96. The minimum absolute atomic E-state index is 0.144. The highest BCUT2D eigenvalue weighted by Gasteiger charge is 2.45. The molecule has 0 saturated carbocycles. The monoisotopic (exact) mass is 176 g/mol. The van der Waals surface area contributed by atoms with Gasteiger partial charge in [-0.2, -0.15) is 0 Å². The zero-order chi connectivity index (χ0) is 8.27. The van der Waals surface area contributed by atoms with Crippen molar-refractivity contribution in [2.45, 2.75) is 12.2 Å². The van der Waals surface area contributed by atoms with Gasteiger partial charge in [0.15, 0.2) is 6.10 Å². The van der Waals surface area contributed by atoms with E-state index in [9.17, 15) is 4.79 Å². The molecule has 0 aromatic rings. The number of hydrogen-bond donors (Lipinski definition) is 0. The molecule has 0 radical (unpaired) electrons. The van der Waals surface area contributed by atoms with E-state index in [0.29, 0.717) is 5.88 Å². The first-order chi connectivity index (χ1) is 5.29. The number of carbonyl (C=O) groups excluding carboxylic acids is 1. The van der Waals surface area contributed by atoms with E-state index in [1.807, 2.05) is 0 Å². The predicted molar refractivity (Wildman–Crippen MR) is 40.5 cm³/mol. The third-order valence-electron chi connectivity index (χ3n) is 1.31. The van der Waals surface area contributed by atoms with E-state index >= 15 is 0 Å². The van der Waals surface area contributed by atoms with Crippen molar-refractivity contribution in [2.75, 3.05) is 12.5 Å². The SMILES string of the molecule is C=CCOC(=O)C1OC1CCl. The Labute approximate surface area is 69.9 Å². The van der Waals surface area contributed by atoms with Crippen LogP contribution in [0.25, 0.3) is 0 Å². The third-order valence-corrected chi connectivity index (χ3v) is 1.61. The maximum atomic E-state index is 10.9. The molecule has 2 atom stereocenters. The second-order valence-electron chi connectivity index (χ2n) is 2.17. The lowest BCUT2D eigenvalue weighted by atomic mass is 10.3. The molecule has 2 unspecified atom stereocenters. The summed E-state index contributed by atoms with van der Waals surface area (Å²) >= 11 is 5.42. The number of carbonyl (C=O) groups is 1. The van der Waals surface area contributed by atoms with Crippen molar-refractivity contribution in [1.82, 2.24) is 0 Å². The van der Waals surface area contributed by atoms with Crippen LogP contribution in [0.4, 0.5) is 0 Å². The summed E-state index contributed by atoms with van der Waals surface area (Å²) < 4.78 is 9.59. The molecule has 3 nitrogen and oxygen atoms in total. The summed E-state index contributed by atoms with van der Waals surface area (Å²) in [4.78, 5) is 10.9. The molecular weight excluding hydrogens is 168 g/mol. The second kappa shape index (κ2) is 3.74. The van der Waals surface area contributed by atoms with Gasteiger partial charge >= 0.3 is 5.97 Å². The lowest BCUT2D eigenvalue weighted by Gasteiger charge is -1.95. The second-order valence-corrected chi connectivity index (χ2v) is 2.48. The molecule has 0 amide bonds. The molecule has 0 bridgehead atoms. The maximum Gasteiger partial charge on any atom is 0.338 e. The summed E-state index contributed by atoms with van der Waals surface area (Å²) in [7, 11) is 0. The van der Waals surface area contributed by atoms with Crippen LogP contribution in [0.2, 0.25) is 0 Å². The first-order valence-corrected chi connectivity index (χ1v) is 3.82. The fourth-order valence-electron chi connectivity index (χ4n) is 0.691. The fourth-order valence-corrected chi connectivity index (χ4v) is 0.925. The van der Waals surface area contributed by atoms with Gasteiger partial charge in [-0.25, -0.2) is 4.79 Å². The topological polar surface area (TPSA) is 38.8 Å². The number of alkyl halides is 1. The Morgan fingerprint density at radius 1 is 1.82 bits per heavy atom. The lowest BCUT2D eigenvalue weighted by molar-refractivity contribution is -0.143. The number of esters is 1. The largest absolute Gasteiger partial charge is 0.459 e. The number of epoxide rings is 1. The fraction of sp³-hybridized carbons (Fsp3) is 0.571. The van der Waals surface area contributed by atoms with Gasteiger partial charge in [-0.15, -0.1) is 11.6 Å². The van der Waals surface area contributed by atoms with Gasteiger partial charge < -0.3 is 9.47 Å². The van der Waals surface area contributed by atoms with E-state index in [1.165, 1.54) is 6.08 Å². The molecule has 0 aliphatic carbocycles. The first kappa shape index (κ1) is 8.56. The van der Waals surface area contributed by atoms with Crippen molar-refractivity contribution in [3.8, 4) is 0 Å². The van der Waals surface area contributed by atoms with E-state index < -0.39 is 6.10 Å². The normalized spacial score (nSPS) is 27.7. The minimum Gasteiger partial charge on any atom is -0.459 e. The number of halogens is 1. The molecule has 1 aliphatic rings. The summed E-state index contributed by atoms with van der Waals surface area (Å²) in [6, 6.07) is 0. The molecule has 1 fully saturated rings. The Morgan fingerprint density at radius 2 is 2.55 bits per heavy atom. The minimum atomic E-state index is -0.438. The van der Waals surface area contributed by atoms with Crippen LogP contribution in [0.3, 0.4) is 0 Å². The van der Waals surface area contributed by atoms with Crippen molar-refractivity contribution < 1.29 is 14.3 Å². The van der Waals surface area contributed by atoms with Gasteiger partial charge in [0.1, 0.15) is 12.7 Å². The summed E-state index contributed by atoms with van der Waals surface area (Å²) in [5.41, 5.74) is 0. The van der Waals surface area contributed by atoms with Gasteiger partial charge in [-0.1, -0.05) is 12.7 Å². The van der Waals surface area contributed by atoms with Crippen LogP contribution in [-0.2, 0) is 14.3 Å². The van der Waals surface area contributed by atoms with Gasteiger partial charge in [-0.05, 0) is 0 Å². The van der Waals surface area contributed by atoms with Crippen LogP contribution in [-0.4, -0.2) is 30.7 Å². The molecule has 1 rings (SSSR count). The standard InChI is InChI=1S/C7H9ClO3/c1-2-3-10-7(9)6-5(4-8)11-6/h2,5-6H,1,3-4H2. The van der Waals surface area contributed by atoms with E-state index in [2.05, 4.69) is 6.58 Å². The molecule has 62 valence electrons. The van der Waals surface area contributed by atoms with Crippen molar-refractivity contribution in [3.05, 3.63) is 12.7 Å². The van der Waals surface area contributed by atoms with Crippen LogP contribution in [0.5, 0.6) is 0 Å². The highest BCUT2D eigenvalue weighted by Crippen LogP contribution is 2.24. The Hall–Kier alpha value is -0.540. The van der Waals surface area contributed by atoms with Gasteiger partial charge in [0.2, 0.25) is 0 Å². The van der Waals surface area contributed by atoms with E-state index in [4.69, 9.17) is 21.1 Å². The molecule has 1 aliphatic heterocycles. The Morgan fingerprint density at radius 3 is 3.00 bits per heavy atom. The predicted octanol–water partition coefficient (Wildman–Crippen LogP) is 0.722. The van der Waals surface area contributed by atoms with Crippen molar-refractivity contribution in [1.29, 1.82) is 0 Å². The molecule has 1 saturated heterocycles. The molecule has 4 heteroatoms. The van der Waals surface area contributed by atoms with Crippen LogP contribution in [0.15, 0.2) is 12.7 Å². The van der Waals surface area contributed by atoms with E-state index in [1.54, 1.807) is 0 Å². The molecular formula is C7H9ClO3. The number of hydrogen-bond acceptors (Lipinski definition) is 3. The third kappa shape index (κ3) is 2.20. The average molecular weight is 177 g/mol. The summed E-state index contributed by atoms with van der Waals surface area (Å²) in [6.45, 7) is 3.64. The Balaban J connectivity index is 2.17. The highest BCUT2D eigenvalue weighted by atomic mass is 35.5. The summed E-state index contributed by atoms with van der Waals surface area (Å²) in [5.74, 6) is -0.0102. The van der Waals surface area contributed by atoms with Gasteiger partial charge in [-0.3, -0.25) is 0 Å². The Kier molecular flexibility index (Phi) is 2.91. The van der Waals surface area contributed by atoms with Gasteiger partial charge in [0.05, 0.1) is 5.88 Å². The van der Waals surface area contributed by atoms with Crippen molar-refractivity contribution >= 4 is 17.6 Å². The van der Waals surface area contributed by atoms with E-state index in [-0.39, 0.29) is 18.7 Å². The van der Waals surface area contributed by atoms with Crippen LogP contribution in [0.1, 0.15) is 0 Å². The van der Waals surface area contributed by atoms with Crippen molar-refractivity contribution in [2.24, 2.45) is 0 Å². The quantitative estimate of drug-likeness (QED) is 0.274. The van der Waals surface area contributed by atoms with E-state index in [0.717, 1.165) is 0 Å². The smallest absolute Gasteiger partial charge is 0.338 e. The molecule has 0 aromatic heterocycles.